The summed E-state index contributed by atoms with van der Waals surface area (Å²) >= 11 is 1.47. The van der Waals surface area contributed by atoms with Crippen molar-refractivity contribution in [2.75, 3.05) is 38.5 Å². The summed E-state index contributed by atoms with van der Waals surface area (Å²) in [5, 5.41) is 13.7. The lowest BCUT2D eigenvalue weighted by Gasteiger charge is -2.32. The number of amides is 1. The lowest BCUT2D eigenvalue weighted by molar-refractivity contribution is 0.103. The van der Waals surface area contributed by atoms with Crippen LogP contribution in [0.2, 0.25) is 0 Å². The summed E-state index contributed by atoms with van der Waals surface area (Å²) in [7, 11) is 2.17. The summed E-state index contributed by atoms with van der Waals surface area (Å²) in [5.41, 5.74) is 5.86. The van der Waals surface area contributed by atoms with Crippen molar-refractivity contribution in [2.45, 2.75) is 13.5 Å². The van der Waals surface area contributed by atoms with E-state index < -0.39 is 0 Å². The standard InChI is InChI=1S/C27H29N5OS/c1-19-11-16-34-26(19)27(33)28-25-17-20(18-32-14-12-31(2)13-15-32)7-8-21(25)9-10-24-22-5-3-4-6-23(22)29-30-24/h3-11,16-17H,12-15,18H2,1-2H3,(H,28,33)(H,29,30). The Morgan fingerprint density at radius 3 is 2.74 bits per heavy atom. The summed E-state index contributed by atoms with van der Waals surface area (Å²) in [4.78, 5) is 18.6. The number of hydrogen-bond acceptors (Lipinski definition) is 5. The van der Waals surface area contributed by atoms with Crippen molar-refractivity contribution < 1.29 is 4.79 Å². The quantitative estimate of drug-likeness (QED) is 0.411. The molecule has 1 aliphatic heterocycles. The minimum atomic E-state index is -0.0656. The molecule has 0 spiro atoms. The van der Waals surface area contributed by atoms with Crippen LogP contribution in [0.5, 0.6) is 0 Å². The molecule has 7 heteroatoms. The van der Waals surface area contributed by atoms with Gasteiger partial charge in [0.05, 0.1) is 16.1 Å². The molecule has 0 unspecified atom stereocenters. The van der Waals surface area contributed by atoms with Crippen LogP contribution < -0.4 is 5.32 Å². The number of likely N-dealkylation sites (N-methyl/N-ethyl adjacent to an activating group) is 1. The second-order valence-electron chi connectivity index (χ2n) is 8.88. The van der Waals surface area contributed by atoms with Gasteiger partial charge in [-0.1, -0.05) is 36.4 Å². The Labute approximate surface area is 203 Å². The Morgan fingerprint density at radius 2 is 1.94 bits per heavy atom. The number of aryl methyl sites for hydroxylation is 1. The normalized spacial score (nSPS) is 15.4. The number of piperazine rings is 1. The van der Waals surface area contributed by atoms with E-state index in [0.717, 1.165) is 71.0 Å². The third kappa shape index (κ3) is 4.97. The molecular weight excluding hydrogens is 442 g/mol. The van der Waals surface area contributed by atoms with Crippen LogP contribution in [0.3, 0.4) is 0 Å². The van der Waals surface area contributed by atoms with Gasteiger partial charge in [-0.15, -0.1) is 11.3 Å². The van der Waals surface area contributed by atoms with Gasteiger partial charge < -0.3 is 10.2 Å². The maximum atomic E-state index is 13.0. The predicted octanol–water partition coefficient (Wildman–Crippen LogP) is 5.10. The van der Waals surface area contributed by atoms with Crippen LogP contribution in [-0.2, 0) is 6.54 Å². The molecule has 2 aromatic heterocycles. The third-order valence-electron chi connectivity index (χ3n) is 6.36. The number of thiophene rings is 1. The number of para-hydroxylation sites is 1. The first-order valence-corrected chi connectivity index (χ1v) is 12.5. The highest BCUT2D eigenvalue weighted by Gasteiger charge is 2.16. The van der Waals surface area contributed by atoms with Gasteiger partial charge in [-0.3, -0.25) is 14.8 Å². The number of anilines is 1. The van der Waals surface area contributed by atoms with Crippen molar-refractivity contribution in [3.8, 4) is 0 Å². The van der Waals surface area contributed by atoms with Crippen LogP contribution in [0.15, 0.2) is 53.9 Å². The summed E-state index contributed by atoms with van der Waals surface area (Å²) in [5.74, 6) is -0.0656. The van der Waals surface area contributed by atoms with Crippen molar-refractivity contribution in [2.24, 2.45) is 0 Å². The number of fused-ring (bicyclic) bond motifs is 1. The highest BCUT2D eigenvalue weighted by molar-refractivity contribution is 7.12. The largest absolute Gasteiger partial charge is 0.321 e. The fourth-order valence-corrected chi connectivity index (χ4v) is 5.10. The summed E-state index contributed by atoms with van der Waals surface area (Å²) < 4.78 is 0. The molecule has 2 aromatic carbocycles. The van der Waals surface area contributed by atoms with E-state index in [1.165, 1.54) is 16.9 Å². The Hall–Kier alpha value is -3.26. The molecule has 0 atom stereocenters. The molecule has 1 aliphatic rings. The third-order valence-corrected chi connectivity index (χ3v) is 7.37. The van der Waals surface area contributed by atoms with Crippen LogP contribution in [0.4, 0.5) is 5.69 Å². The molecule has 0 radical (unpaired) electrons. The average Bonchev–Trinajstić information content (AvgIpc) is 3.46. The monoisotopic (exact) mass is 471 g/mol. The Balaban J connectivity index is 1.43. The van der Waals surface area contributed by atoms with Crippen LogP contribution in [0, 0.1) is 6.92 Å². The zero-order chi connectivity index (χ0) is 23.5. The fourth-order valence-electron chi connectivity index (χ4n) is 4.28. The van der Waals surface area contributed by atoms with Gasteiger partial charge >= 0.3 is 0 Å². The maximum absolute atomic E-state index is 13.0. The molecule has 4 aromatic rings. The number of H-pyrrole nitrogens is 1. The smallest absolute Gasteiger partial charge is 0.266 e. The number of carbonyl (C=O) groups is 1. The van der Waals surface area contributed by atoms with Crippen LogP contribution in [0.25, 0.3) is 23.1 Å². The predicted molar refractivity (Wildman–Crippen MR) is 141 cm³/mol. The molecule has 34 heavy (non-hydrogen) atoms. The molecule has 1 fully saturated rings. The highest BCUT2D eigenvalue weighted by atomic mass is 32.1. The molecule has 1 amide bonds. The van der Waals surface area contributed by atoms with Crippen molar-refractivity contribution in [1.82, 2.24) is 20.0 Å². The lowest BCUT2D eigenvalue weighted by Crippen LogP contribution is -2.43. The van der Waals surface area contributed by atoms with E-state index in [2.05, 4.69) is 56.6 Å². The van der Waals surface area contributed by atoms with Crippen molar-refractivity contribution in [3.63, 3.8) is 0 Å². The van der Waals surface area contributed by atoms with E-state index in [0.29, 0.717) is 0 Å². The topological polar surface area (TPSA) is 64.3 Å². The number of benzene rings is 2. The first-order valence-electron chi connectivity index (χ1n) is 11.6. The lowest BCUT2D eigenvalue weighted by atomic mass is 10.1. The van der Waals surface area contributed by atoms with Crippen molar-refractivity contribution >= 4 is 46.0 Å². The Morgan fingerprint density at radius 1 is 1.12 bits per heavy atom. The average molecular weight is 472 g/mol. The van der Waals surface area contributed by atoms with Gasteiger partial charge in [-0.25, -0.2) is 0 Å². The first-order chi connectivity index (χ1) is 16.6. The molecule has 3 heterocycles. The fraction of sp³-hybridized carbons (Fsp3) is 0.259. The van der Waals surface area contributed by atoms with E-state index in [9.17, 15) is 4.79 Å². The second-order valence-corrected chi connectivity index (χ2v) is 9.79. The molecule has 174 valence electrons. The van der Waals surface area contributed by atoms with Gasteiger partial charge in [0.15, 0.2) is 0 Å². The number of nitrogens with one attached hydrogen (secondary N) is 2. The van der Waals surface area contributed by atoms with Gasteiger partial charge in [0.2, 0.25) is 0 Å². The molecule has 1 saturated heterocycles. The summed E-state index contributed by atoms with van der Waals surface area (Å²) in [6.07, 6.45) is 4.03. The molecular formula is C27H29N5OS. The molecule has 0 aliphatic carbocycles. The number of rotatable bonds is 6. The highest BCUT2D eigenvalue weighted by Crippen LogP contribution is 2.25. The molecule has 2 N–H and O–H groups in total. The summed E-state index contributed by atoms with van der Waals surface area (Å²) in [6, 6.07) is 16.4. The van der Waals surface area contributed by atoms with Gasteiger partial charge in [0.25, 0.3) is 5.91 Å². The van der Waals surface area contributed by atoms with Crippen LogP contribution in [-0.4, -0.2) is 59.1 Å². The van der Waals surface area contributed by atoms with Crippen molar-refractivity contribution in [3.05, 3.63) is 81.2 Å². The van der Waals surface area contributed by atoms with Crippen LogP contribution >= 0.6 is 11.3 Å². The van der Waals surface area contributed by atoms with Gasteiger partial charge in [0, 0.05) is 43.8 Å². The van der Waals surface area contributed by atoms with Gasteiger partial charge in [-0.05, 0) is 60.3 Å². The van der Waals surface area contributed by atoms with E-state index >= 15 is 0 Å². The molecule has 0 saturated carbocycles. The molecule has 5 rings (SSSR count). The zero-order valence-electron chi connectivity index (χ0n) is 19.5. The van der Waals surface area contributed by atoms with E-state index in [-0.39, 0.29) is 5.91 Å². The molecule has 0 bridgehead atoms. The van der Waals surface area contributed by atoms with Crippen molar-refractivity contribution in [1.29, 1.82) is 0 Å². The van der Waals surface area contributed by atoms with E-state index in [4.69, 9.17) is 0 Å². The minimum absolute atomic E-state index is 0.0656. The number of carbonyl (C=O) groups excluding carboxylic acids is 1. The Bertz CT molecular complexity index is 1330. The summed E-state index contributed by atoms with van der Waals surface area (Å²) in [6.45, 7) is 7.13. The SMILES string of the molecule is Cc1ccsc1C(=O)Nc1cc(CN2CCN(C)CC2)ccc1C=Cc1n[nH]c2ccccc12. The second kappa shape index (κ2) is 9.93. The number of aromatic amines is 1. The van der Waals surface area contributed by atoms with E-state index in [1.807, 2.05) is 48.7 Å². The Kier molecular flexibility index (Phi) is 6.58. The molecule has 6 nitrogen and oxygen atoms in total. The zero-order valence-corrected chi connectivity index (χ0v) is 20.4. The number of aromatic nitrogens is 2. The minimum Gasteiger partial charge on any atom is -0.321 e. The number of hydrogen-bond donors (Lipinski definition) is 2. The maximum Gasteiger partial charge on any atom is 0.266 e. The number of nitrogens with zero attached hydrogens (tertiary/aromatic N) is 3. The van der Waals surface area contributed by atoms with E-state index in [1.54, 1.807) is 0 Å². The van der Waals surface area contributed by atoms with Gasteiger partial charge in [-0.2, -0.15) is 5.10 Å². The van der Waals surface area contributed by atoms with Crippen LogP contribution in [0.1, 0.15) is 32.1 Å². The first kappa shape index (κ1) is 22.5. The van der Waals surface area contributed by atoms with Gasteiger partial charge in [0.1, 0.15) is 0 Å².